The summed E-state index contributed by atoms with van der Waals surface area (Å²) in [6.45, 7) is 1.57. The van der Waals surface area contributed by atoms with Gasteiger partial charge < -0.3 is 0 Å². The fraction of sp³-hybridized carbons (Fsp3) is 0.200. The fourth-order valence-electron chi connectivity index (χ4n) is 1.90. The monoisotopic (exact) mass is 334 g/mol. The lowest BCUT2D eigenvalue weighted by Crippen LogP contribution is -2.01. The molecule has 0 aliphatic rings. The Morgan fingerprint density at radius 3 is 2.35 bits per heavy atom. The summed E-state index contributed by atoms with van der Waals surface area (Å²) in [6, 6.07) is 7.41. The molecule has 0 radical (unpaired) electrons. The van der Waals surface area contributed by atoms with E-state index in [1.54, 1.807) is 25.1 Å². The maximum atomic E-state index is 13.8. The predicted molar refractivity (Wildman–Crippen MR) is 79.9 cm³/mol. The van der Waals surface area contributed by atoms with Gasteiger partial charge in [-0.05, 0) is 42.7 Å². The molecule has 0 N–H and O–H groups in total. The summed E-state index contributed by atoms with van der Waals surface area (Å²) in [7, 11) is 0. The second-order valence-corrected chi connectivity index (χ2v) is 5.88. The van der Waals surface area contributed by atoms with Gasteiger partial charge in [-0.1, -0.05) is 29.3 Å². The lowest BCUT2D eigenvalue weighted by atomic mass is 10.0. The van der Waals surface area contributed by atoms with Crippen molar-refractivity contribution in [3.8, 4) is 0 Å². The third-order valence-corrected chi connectivity index (χ3v) is 4.14. The molecule has 0 fully saturated rings. The van der Waals surface area contributed by atoms with Gasteiger partial charge in [-0.15, -0.1) is 11.6 Å². The van der Waals surface area contributed by atoms with E-state index in [-0.39, 0.29) is 5.56 Å². The van der Waals surface area contributed by atoms with Crippen LogP contribution in [0.1, 0.15) is 22.1 Å². The van der Waals surface area contributed by atoms with E-state index in [0.717, 1.165) is 11.6 Å². The van der Waals surface area contributed by atoms with Crippen molar-refractivity contribution >= 4 is 34.8 Å². The van der Waals surface area contributed by atoms with Gasteiger partial charge in [0.2, 0.25) is 0 Å². The zero-order chi connectivity index (χ0) is 14.9. The third kappa shape index (κ3) is 3.43. The van der Waals surface area contributed by atoms with E-state index in [1.165, 1.54) is 6.07 Å². The van der Waals surface area contributed by atoms with Gasteiger partial charge in [-0.25, -0.2) is 8.78 Å². The van der Waals surface area contributed by atoms with Crippen molar-refractivity contribution in [2.75, 3.05) is 0 Å². The van der Waals surface area contributed by atoms with E-state index in [0.29, 0.717) is 22.0 Å². The first kappa shape index (κ1) is 15.6. The summed E-state index contributed by atoms with van der Waals surface area (Å²) in [6.07, 6.45) is 0.375. The summed E-state index contributed by atoms with van der Waals surface area (Å²) in [5, 5.41) is 0.265. The molecule has 1 atom stereocenters. The summed E-state index contributed by atoms with van der Waals surface area (Å²) in [5.74, 6) is -1.22. The van der Waals surface area contributed by atoms with Gasteiger partial charge in [0.05, 0.1) is 15.4 Å². The van der Waals surface area contributed by atoms with Crippen LogP contribution in [0, 0.1) is 18.6 Å². The molecule has 0 aromatic heterocycles. The molecular formula is C15H11Cl3F2. The number of rotatable bonds is 3. The minimum absolute atomic E-state index is 0.275. The number of aryl methyl sites for hydroxylation is 1. The Morgan fingerprint density at radius 1 is 1.00 bits per heavy atom. The Labute approximate surface area is 131 Å². The number of hydrogen-bond donors (Lipinski definition) is 0. The van der Waals surface area contributed by atoms with E-state index in [1.807, 2.05) is 0 Å². The first-order valence-electron chi connectivity index (χ1n) is 5.92. The van der Waals surface area contributed by atoms with Crippen molar-refractivity contribution in [3.05, 3.63) is 68.7 Å². The van der Waals surface area contributed by atoms with Crippen molar-refractivity contribution in [2.24, 2.45) is 0 Å². The molecule has 0 aliphatic carbocycles. The average Bonchev–Trinajstić information content (AvgIpc) is 2.38. The van der Waals surface area contributed by atoms with Gasteiger partial charge in [0.25, 0.3) is 0 Å². The molecule has 0 bridgehead atoms. The van der Waals surface area contributed by atoms with Crippen LogP contribution in [0.2, 0.25) is 10.0 Å². The smallest absolute Gasteiger partial charge is 0.130 e. The molecule has 0 saturated heterocycles. The second kappa shape index (κ2) is 6.30. The van der Waals surface area contributed by atoms with Crippen molar-refractivity contribution < 1.29 is 8.78 Å². The molecule has 1 unspecified atom stereocenters. The Bertz CT molecular complexity index is 641. The maximum absolute atomic E-state index is 13.8. The standard InChI is InChI=1S/C15H11Cl3F2/c1-8-4-10(15(20)7-14(8)19)12(17)5-9-2-3-11(16)13(18)6-9/h2-4,6-7,12H,5H2,1H3. The van der Waals surface area contributed by atoms with Crippen molar-refractivity contribution in [3.63, 3.8) is 0 Å². The molecule has 0 spiro atoms. The highest BCUT2D eigenvalue weighted by Gasteiger charge is 2.16. The van der Waals surface area contributed by atoms with E-state index in [2.05, 4.69) is 0 Å². The first-order valence-corrected chi connectivity index (χ1v) is 7.11. The molecule has 0 heterocycles. The number of alkyl halides is 1. The Balaban J connectivity index is 2.25. The average molecular weight is 336 g/mol. The fourth-order valence-corrected chi connectivity index (χ4v) is 2.57. The summed E-state index contributed by atoms with van der Waals surface area (Å²) >= 11 is 18.0. The maximum Gasteiger partial charge on any atom is 0.130 e. The van der Waals surface area contributed by atoms with Crippen LogP contribution in [-0.2, 0) is 6.42 Å². The van der Waals surface area contributed by atoms with Crippen molar-refractivity contribution in [1.29, 1.82) is 0 Å². The Morgan fingerprint density at radius 2 is 1.70 bits per heavy atom. The molecule has 2 rings (SSSR count). The van der Waals surface area contributed by atoms with Gasteiger partial charge in [-0.3, -0.25) is 0 Å². The minimum atomic E-state index is -0.645. The zero-order valence-electron chi connectivity index (χ0n) is 10.6. The van der Waals surface area contributed by atoms with Crippen LogP contribution >= 0.6 is 34.8 Å². The zero-order valence-corrected chi connectivity index (χ0v) is 12.8. The quantitative estimate of drug-likeness (QED) is 0.594. The summed E-state index contributed by atoms with van der Waals surface area (Å²) in [4.78, 5) is 0. The van der Waals surface area contributed by atoms with Gasteiger partial charge in [-0.2, -0.15) is 0 Å². The van der Waals surface area contributed by atoms with E-state index in [9.17, 15) is 8.78 Å². The molecule has 5 heteroatoms. The molecule has 0 saturated carbocycles. The number of benzene rings is 2. The van der Waals surface area contributed by atoms with Crippen LogP contribution in [0.15, 0.2) is 30.3 Å². The highest BCUT2D eigenvalue weighted by atomic mass is 35.5. The molecule has 0 amide bonds. The largest absolute Gasteiger partial charge is 0.207 e. The van der Waals surface area contributed by atoms with E-state index < -0.39 is 17.0 Å². The molecule has 20 heavy (non-hydrogen) atoms. The Hall–Kier alpha value is -0.830. The van der Waals surface area contributed by atoms with Crippen molar-refractivity contribution in [2.45, 2.75) is 18.7 Å². The number of hydrogen-bond acceptors (Lipinski definition) is 0. The lowest BCUT2D eigenvalue weighted by Gasteiger charge is -2.13. The highest BCUT2D eigenvalue weighted by Crippen LogP contribution is 2.31. The molecule has 2 aromatic rings. The summed E-state index contributed by atoms with van der Waals surface area (Å²) < 4.78 is 27.0. The van der Waals surface area contributed by atoms with Crippen LogP contribution in [-0.4, -0.2) is 0 Å². The van der Waals surface area contributed by atoms with Gasteiger partial charge in [0.15, 0.2) is 0 Å². The topological polar surface area (TPSA) is 0 Å². The van der Waals surface area contributed by atoms with Gasteiger partial charge in [0.1, 0.15) is 11.6 Å². The number of halogens is 5. The highest BCUT2D eigenvalue weighted by molar-refractivity contribution is 6.42. The van der Waals surface area contributed by atoms with Crippen molar-refractivity contribution in [1.82, 2.24) is 0 Å². The normalized spacial score (nSPS) is 12.5. The van der Waals surface area contributed by atoms with Crippen LogP contribution in [0.3, 0.4) is 0 Å². The SMILES string of the molecule is Cc1cc(C(Cl)Cc2ccc(Cl)c(Cl)c2)c(F)cc1F. The Kier molecular flexibility index (Phi) is 4.90. The minimum Gasteiger partial charge on any atom is -0.207 e. The lowest BCUT2D eigenvalue weighted by molar-refractivity contribution is 0.564. The molecule has 106 valence electrons. The van der Waals surface area contributed by atoms with E-state index in [4.69, 9.17) is 34.8 Å². The van der Waals surface area contributed by atoms with Gasteiger partial charge >= 0.3 is 0 Å². The van der Waals surface area contributed by atoms with Crippen LogP contribution in [0.4, 0.5) is 8.78 Å². The molecule has 0 nitrogen and oxygen atoms in total. The molecule has 2 aromatic carbocycles. The third-order valence-electron chi connectivity index (χ3n) is 3.01. The first-order chi connectivity index (χ1) is 9.38. The van der Waals surface area contributed by atoms with Crippen LogP contribution < -0.4 is 0 Å². The van der Waals surface area contributed by atoms with Crippen LogP contribution in [0.25, 0.3) is 0 Å². The van der Waals surface area contributed by atoms with Gasteiger partial charge in [0, 0.05) is 11.6 Å². The van der Waals surface area contributed by atoms with Crippen LogP contribution in [0.5, 0.6) is 0 Å². The summed E-state index contributed by atoms with van der Waals surface area (Å²) in [5.41, 5.74) is 1.47. The predicted octanol–water partition coefficient (Wildman–Crippen LogP) is 6.10. The molecule has 0 aliphatic heterocycles. The second-order valence-electron chi connectivity index (χ2n) is 4.54. The van der Waals surface area contributed by atoms with E-state index >= 15 is 0 Å². The molecular weight excluding hydrogens is 325 g/mol.